The van der Waals surface area contributed by atoms with Crippen LogP contribution in [0, 0.1) is 6.92 Å². The number of hydrogen-bond acceptors (Lipinski definition) is 6. The summed E-state index contributed by atoms with van der Waals surface area (Å²) in [6.07, 6.45) is 0. The summed E-state index contributed by atoms with van der Waals surface area (Å²) in [6, 6.07) is 19.9. The summed E-state index contributed by atoms with van der Waals surface area (Å²) >= 11 is 1.18. The minimum absolute atomic E-state index is 0.0520. The average molecular weight is 455 g/mol. The Labute approximate surface area is 185 Å². The highest BCUT2D eigenvalue weighted by Gasteiger charge is 2.28. The zero-order valence-electron chi connectivity index (χ0n) is 17.2. The molecule has 0 saturated heterocycles. The molecule has 8 heteroatoms. The highest BCUT2D eigenvalue weighted by molar-refractivity contribution is 7.94. The molecule has 4 aromatic rings. The van der Waals surface area contributed by atoms with E-state index >= 15 is 0 Å². The van der Waals surface area contributed by atoms with E-state index in [0.717, 1.165) is 5.56 Å². The van der Waals surface area contributed by atoms with Gasteiger partial charge in [-0.3, -0.25) is 4.31 Å². The van der Waals surface area contributed by atoms with Crippen molar-refractivity contribution in [2.45, 2.75) is 24.6 Å². The predicted octanol–water partition coefficient (Wildman–Crippen LogP) is 5.51. The fourth-order valence-corrected chi connectivity index (χ4v) is 5.65. The van der Waals surface area contributed by atoms with Crippen molar-refractivity contribution in [1.29, 1.82) is 0 Å². The fraction of sp³-hybridized carbons (Fsp3) is 0.174. The number of aryl methyl sites for hydroxylation is 1. The molecule has 2 heterocycles. The van der Waals surface area contributed by atoms with Crippen molar-refractivity contribution in [3.63, 3.8) is 0 Å². The molecule has 0 spiro atoms. The van der Waals surface area contributed by atoms with Crippen molar-refractivity contribution < 1.29 is 17.6 Å². The van der Waals surface area contributed by atoms with Gasteiger partial charge in [0.25, 0.3) is 10.0 Å². The van der Waals surface area contributed by atoms with Gasteiger partial charge in [0.15, 0.2) is 0 Å². The molecule has 0 saturated carbocycles. The van der Waals surface area contributed by atoms with Crippen LogP contribution < -0.4 is 9.04 Å². The van der Waals surface area contributed by atoms with Crippen LogP contribution in [0.3, 0.4) is 0 Å². The molecule has 0 bridgehead atoms. The Morgan fingerprint density at radius 3 is 2.42 bits per heavy atom. The monoisotopic (exact) mass is 454 g/mol. The number of nitrogens with zero attached hydrogens (tertiary/aromatic N) is 2. The molecule has 0 aliphatic heterocycles. The van der Waals surface area contributed by atoms with Crippen LogP contribution in [-0.4, -0.2) is 20.0 Å². The Bertz CT molecular complexity index is 1230. The van der Waals surface area contributed by atoms with E-state index in [-0.39, 0.29) is 10.8 Å². The molecule has 4 rings (SSSR count). The van der Waals surface area contributed by atoms with Crippen LogP contribution in [0.1, 0.15) is 18.4 Å². The lowest BCUT2D eigenvalue weighted by Crippen LogP contribution is -2.30. The maximum atomic E-state index is 13.4. The quantitative estimate of drug-likeness (QED) is 0.351. The minimum Gasteiger partial charge on any atom is -0.494 e. The zero-order chi connectivity index (χ0) is 21.8. The molecule has 2 aromatic heterocycles. The summed E-state index contributed by atoms with van der Waals surface area (Å²) in [4.78, 5) is 4.59. The van der Waals surface area contributed by atoms with Gasteiger partial charge in [-0.05, 0) is 61.7 Å². The van der Waals surface area contributed by atoms with Crippen molar-refractivity contribution in [1.82, 2.24) is 4.98 Å². The number of oxazole rings is 1. The molecule has 0 amide bonds. The molecule has 0 radical (unpaired) electrons. The topological polar surface area (TPSA) is 72.6 Å². The molecule has 0 unspecified atom stereocenters. The first-order valence-electron chi connectivity index (χ1n) is 9.80. The number of hydrogen-bond donors (Lipinski definition) is 0. The Kier molecular flexibility index (Phi) is 6.11. The van der Waals surface area contributed by atoms with Gasteiger partial charge in [0.1, 0.15) is 21.4 Å². The third kappa shape index (κ3) is 4.50. The van der Waals surface area contributed by atoms with Crippen LogP contribution in [0.2, 0.25) is 0 Å². The van der Waals surface area contributed by atoms with Crippen molar-refractivity contribution in [2.24, 2.45) is 0 Å². The second-order valence-electron chi connectivity index (χ2n) is 6.76. The van der Waals surface area contributed by atoms with E-state index in [0.29, 0.717) is 35.4 Å². The summed E-state index contributed by atoms with van der Waals surface area (Å²) in [5, 5.41) is 1.75. The van der Waals surface area contributed by atoms with Gasteiger partial charge in [-0.25, -0.2) is 13.4 Å². The van der Waals surface area contributed by atoms with Gasteiger partial charge < -0.3 is 9.15 Å². The molecule has 0 fully saturated rings. The molecule has 31 heavy (non-hydrogen) atoms. The standard InChI is InChI=1S/C23H22N2O4S2/c1-3-28-20-13-11-19(12-14-20)25(31(26,27)22-10-7-15-30-22)16-21-17(2)29-23(24-21)18-8-5-4-6-9-18/h4-15H,3,16H2,1-2H3. The molecule has 2 aromatic carbocycles. The molecule has 0 aliphatic carbocycles. The second kappa shape index (κ2) is 8.95. The largest absolute Gasteiger partial charge is 0.494 e. The highest BCUT2D eigenvalue weighted by Crippen LogP contribution is 2.31. The molecular formula is C23H22N2O4S2. The predicted molar refractivity (Wildman–Crippen MR) is 122 cm³/mol. The van der Waals surface area contributed by atoms with E-state index in [4.69, 9.17) is 9.15 Å². The van der Waals surface area contributed by atoms with E-state index in [1.54, 1.807) is 48.7 Å². The first-order chi connectivity index (χ1) is 15.0. The van der Waals surface area contributed by atoms with Crippen LogP contribution in [-0.2, 0) is 16.6 Å². The Morgan fingerprint density at radius 2 is 1.77 bits per heavy atom. The minimum atomic E-state index is -3.78. The highest BCUT2D eigenvalue weighted by atomic mass is 32.2. The summed E-state index contributed by atoms with van der Waals surface area (Å²) in [5.41, 5.74) is 1.93. The smallest absolute Gasteiger partial charge is 0.274 e. The third-order valence-corrected chi connectivity index (χ3v) is 7.83. The first-order valence-corrected chi connectivity index (χ1v) is 12.1. The summed E-state index contributed by atoms with van der Waals surface area (Å²) in [5.74, 6) is 1.73. The molecule has 160 valence electrons. The zero-order valence-corrected chi connectivity index (χ0v) is 18.8. The van der Waals surface area contributed by atoms with Crippen LogP contribution in [0.5, 0.6) is 5.75 Å². The van der Waals surface area contributed by atoms with Crippen molar-refractivity contribution in [3.05, 3.63) is 83.6 Å². The van der Waals surface area contributed by atoms with E-state index in [2.05, 4.69) is 4.98 Å². The van der Waals surface area contributed by atoms with Crippen molar-refractivity contribution >= 4 is 27.0 Å². The van der Waals surface area contributed by atoms with Crippen molar-refractivity contribution in [3.8, 4) is 17.2 Å². The maximum absolute atomic E-state index is 13.4. The number of ether oxygens (including phenoxy) is 1. The first kappa shape index (κ1) is 21.1. The lowest BCUT2D eigenvalue weighted by atomic mass is 10.2. The summed E-state index contributed by atoms with van der Waals surface area (Å²) in [6.45, 7) is 4.29. The molecular weight excluding hydrogens is 432 g/mol. The van der Waals surface area contributed by atoms with Gasteiger partial charge in [0.05, 0.1) is 18.8 Å². The Morgan fingerprint density at radius 1 is 1.03 bits per heavy atom. The summed E-state index contributed by atoms with van der Waals surface area (Å²) in [7, 11) is -3.78. The molecule has 0 N–H and O–H groups in total. The normalized spacial score (nSPS) is 11.4. The van der Waals surface area contributed by atoms with Crippen LogP contribution >= 0.6 is 11.3 Å². The number of benzene rings is 2. The Balaban J connectivity index is 1.73. The number of aromatic nitrogens is 1. The van der Waals surface area contributed by atoms with Crippen LogP contribution in [0.15, 0.2) is 80.7 Å². The summed E-state index contributed by atoms with van der Waals surface area (Å²) < 4.78 is 39.8. The fourth-order valence-electron chi connectivity index (χ4n) is 3.12. The molecule has 6 nitrogen and oxygen atoms in total. The number of anilines is 1. The van der Waals surface area contributed by atoms with Gasteiger partial charge in [0.2, 0.25) is 5.89 Å². The van der Waals surface area contributed by atoms with Crippen LogP contribution in [0.25, 0.3) is 11.5 Å². The van der Waals surface area contributed by atoms with Crippen molar-refractivity contribution in [2.75, 3.05) is 10.9 Å². The second-order valence-corrected chi connectivity index (χ2v) is 9.80. The number of sulfonamides is 1. The van der Waals surface area contributed by atoms with Gasteiger partial charge in [0, 0.05) is 5.56 Å². The number of rotatable bonds is 8. The van der Waals surface area contributed by atoms with Gasteiger partial charge >= 0.3 is 0 Å². The lowest BCUT2D eigenvalue weighted by molar-refractivity contribution is 0.340. The SMILES string of the molecule is CCOc1ccc(N(Cc2nc(-c3ccccc3)oc2C)S(=O)(=O)c2cccs2)cc1. The maximum Gasteiger partial charge on any atom is 0.274 e. The lowest BCUT2D eigenvalue weighted by Gasteiger charge is -2.23. The molecule has 0 aliphatic rings. The van der Waals surface area contributed by atoms with Gasteiger partial charge in [-0.1, -0.05) is 24.3 Å². The number of thiophene rings is 1. The van der Waals surface area contributed by atoms with E-state index in [9.17, 15) is 8.42 Å². The third-order valence-electron chi connectivity index (χ3n) is 4.68. The van der Waals surface area contributed by atoms with E-state index in [1.165, 1.54) is 15.6 Å². The van der Waals surface area contributed by atoms with Gasteiger partial charge in [-0.2, -0.15) is 0 Å². The van der Waals surface area contributed by atoms with E-state index < -0.39 is 10.0 Å². The van der Waals surface area contributed by atoms with Crippen LogP contribution in [0.4, 0.5) is 5.69 Å². The molecule has 0 atom stereocenters. The van der Waals surface area contributed by atoms with Gasteiger partial charge in [-0.15, -0.1) is 11.3 Å². The Hall–Kier alpha value is -3.10. The average Bonchev–Trinajstić information content (AvgIpc) is 3.44. The van der Waals surface area contributed by atoms with E-state index in [1.807, 2.05) is 37.3 Å².